The van der Waals surface area contributed by atoms with E-state index in [1.165, 1.54) is 24.3 Å². The van der Waals surface area contributed by atoms with Gasteiger partial charge in [0.15, 0.2) is 17.5 Å². The molecule has 3 rings (SSSR count). The normalized spacial score (nSPS) is 10.6. The van der Waals surface area contributed by atoms with Crippen LogP contribution in [0.25, 0.3) is 11.5 Å². The van der Waals surface area contributed by atoms with Crippen molar-refractivity contribution < 1.29 is 22.5 Å². The van der Waals surface area contributed by atoms with E-state index in [1.807, 2.05) is 0 Å². The van der Waals surface area contributed by atoms with Crippen molar-refractivity contribution in [2.75, 3.05) is 5.32 Å². The highest BCUT2D eigenvalue weighted by Crippen LogP contribution is 2.30. The molecule has 10 heteroatoms. The number of aromatic nitrogens is 2. The Labute approximate surface area is 131 Å². The van der Waals surface area contributed by atoms with Gasteiger partial charge in [0.1, 0.15) is 5.56 Å². The van der Waals surface area contributed by atoms with E-state index in [9.17, 15) is 23.3 Å². The Balaban J connectivity index is 1.93. The molecule has 0 fully saturated rings. The molecule has 1 aromatic heterocycles. The zero-order chi connectivity index (χ0) is 17.3. The van der Waals surface area contributed by atoms with E-state index >= 15 is 0 Å². The maximum atomic E-state index is 13.6. The number of nitro groups is 1. The Bertz CT molecular complexity index is 929. The van der Waals surface area contributed by atoms with Crippen LogP contribution in [-0.2, 0) is 0 Å². The average Bonchev–Trinajstić information content (AvgIpc) is 3.04. The van der Waals surface area contributed by atoms with Crippen molar-refractivity contribution in [1.82, 2.24) is 10.2 Å². The molecule has 0 saturated carbocycles. The van der Waals surface area contributed by atoms with Crippen molar-refractivity contribution in [3.05, 3.63) is 64.0 Å². The number of anilines is 2. The van der Waals surface area contributed by atoms with Gasteiger partial charge in [0, 0.05) is 6.07 Å². The van der Waals surface area contributed by atoms with Crippen LogP contribution >= 0.6 is 0 Å². The number of rotatable bonds is 4. The maximum absolute atomic E-state index is 13.6. The van der Waals surface area contributed by atoms with E-state index in [2.05, 4.69) is 15.5 Å². The predicted molar refractivity (Wildman–Crippen MR) is 76.0 cm³/mol. The summed E-state index contributed by atoms with van der Waals surface area (Å²) in [6.07, 6.45) is 0. The third kappa shape index (κ3) is 2.76. The number of hydrogen-bond donors (Lipinski definition) is 1. The summed E-state index contributed by atoms with van der Waals surface area (Å²) >= 11 is 0. The highest BCUT2D eigenvalue weighted by atomic mass is 19.2. The van der Waals surface area contributed by atoms with Crippen LogP contribution in [0.3, 0.4) is 0 Å². The minimum Gasteiger partial charge on any atom is -0.403 e. The molecule has 1 heterocycles. The van der Waals surface area contributed by atoms with Gasteiger partial charge in [-0.3, -0.25) is 10.1 Å². The molecule has 0 aliphatic heterocycles. The minimum atomic E-state index is -1.65. The summed E-state index contributed by atoms with van der Waals surface area (Å²) < 4.78 is 44.8. The Morgan fingerprint density at radius 3 is 2.54 bits per heavy atom. The summed E-state index contributed by atoms with van der Waals surface area (Å²) in [6.45, 7) is 0. The van der Waals surface area contributed by atoms with Crippen molar-refractivity contribution in [1.29, 1.82) is 0 Å². The summed E-state index contributed by atoms with van der Waals surface area (Å²) in [5, 5.41) is 20.4. The summed E-state index contributed by atoms with van der Waals surface area (Å²) in [5.74, 6) is -4.64. The lowest BCUT2D eigenvalue weighted by Crippen LogP contribution is -1.98. The molecule has 0 saturated heterocycles. The van der Waals surface area contributed by atoms with Crippen LogP contribution in [0.5, 0.6) is 0 Å². The molecule has 7 nitrogen and oxygen atoms in total. The van der Waals surface area contributed by atoms with Gasteiger partial charge in [-0.15, -0.1) is 5.10 Å². The zero-order valence-corrected chi connectivity index (χ0v) is 11.7. The number of para-hydroxylation sites is 1. The van der Waals surface area contributed by atoms with Crippen LogP contribution in [0.1, 0.15) is 0 Å². The molecule has 0 aliphatic carbocycles. The molecule has 0 atom stereocenters. The van der Waals surface area contributed by atoms with E-state index < -0.39 is 28.1 Å². The first-order valence-electron chi connectivity index (χ1n) is 6.45. The van der Waals surface area contributed by atoms with Crippen molar-refractivity contribution in [2.45, 2.75) is 0 Å². The van der Waals surface area contributed by atoms with Crippen molar-refractivity contribution in [3.8, 4) is 11.5 Å². The van der Waals surface area contributed by atoms with Gasteiger partial charge in [0.2, 0.25) is 0 Å². The van der Waals surface area contributed by atoms with Gasteiger partial charge >= 0.3 is 6.01 Å². The smallest absolute Gasteiger partial charge is 0.320 e. The third-order valence-electron chi connectivity index (χ3n) is 3.03. The lowest BCUT2D eigenvalue weighted by molar-refractivity contribution is -0.384. The van der Waals surface area contributed by atoms with Crippen molar-refractivity contribution >= 4 is 17.4 Å². The van der Waals surface area contributed by atoms with Crippen LogP contribution in [0, 0.1) is 27.6 Å². The fourth-order valence-electron chi connectivity index (χ4n) is 1.93. The summed E-state index contributed by atoms with van der Waals surface area (Å²) in [6, 6.07) is 6.98. The molecule has 24 heavy (non-hydrogen) atoms. The van der Waals surface area contributed by atoms with E-state index in [0.29, 0.717) is 0 Å². The first kappa shape index (κ1) is 15.5. The van der Waals surface area contributed by atoms with Gasteiger partial charge in [-0.1, -0.05) is 17.2 Å². The van der Waals surface area contributed by atoms with E-state index in [1.54, 1.807) is 0 Å². The molecule has 3 aromatic rings. The van der Waals surface area contributed by atoms with Crippen molar-refractivity contribution in [2.24, 2.45) is 0 Å². The highest BCUT2D eigenvalue weighted by molar-refractivity contribution is 5.67. The first-order valence-corrected chi connectivity index (χ1v) is 6.45. The molecular weight excluding hydrogens is 329 g/mol. The van der Waals surface area contributed by atoms with E-state index in [0.717, 1.165) is 12.1 Å². The van der Waals surface area contributed by atoms with Gasteiger partial charge in [-0.25, -0.2) is 13.2 Å². The quantitative estimate of drug-likeness (QED) is 0.442. The van der Waals surface area contributed by atoms with Crippen molar-refractivity contribution in [3.63, 3.8) is 0 Å². The van der Waals surface area contributed by atoms with Gasteiger partial charge in [-0.05, 0) is 18.2 Å². The Morgan fingerprint density at radius 2 is 1.79 bits per heavy atom. The average molecular weight is 336 g/mol. The van der Waals surface area contributed by atoms with E-state index in [-0.39, 0.29) is 23.2 Å². The molecule has 0 unspecified atom stereocenters. The second kappa shape index (κ2) is 5.99. The molecule has 0 radical (unpaired) electrons. The number of hydrogen-bond acceptors (Lipinski definition) is 6. The molecule has 1 N–H and O–H groups in total. The molecule has 0 spiro atoms. The monoisotopic (exact) mass is 336 g/mol. The van der Waals surface area contributed by atoms with Gasteiger partial charge in [0.05, 0.1) is 10.6 Å². The number of benzene rings is 2. The second-order valence-electron chi connectivity index (χ2n) is 4.53. The van der Waals surface area contributed by atoms with Gasteiger partial charge in [0.25, 0.3) is 11.6 Å². The van der Waals surface area contributed by atoms with Crippen LogP contribution in [0.15, 0.2) is 40.8 Å². The van der Waals surface area contributed by atoms with E-state index in [4.69, 9.17) is 4.42 Å². The lowest BCUT2D eigenvalue weighted by atomic mass is 10.2. The molecule has 0 aliphatic rings. The van der Waals surface area contributed by atoms with Crippen LogP contribution < -0.4 is 5.32 Å². The predicted octanol–water partition coefficient (Wildman–Crippen LogP) is 3.81. The summed E-state index contributed by atoms with van der Waals surface area (Å²) in [5.41, 5.74) is -0.618. The zero-order valence-electron chi connectivity index (χ0n) is 11.7. The van der Waals surface area contributed by atoms with Gasteiger partial charge in [-0.2, -0.15) is 0 Å². The fraction of sp³-hybridized carbons (Fsp3) is 0. The first-order chi connectivity index (χ1) is 11.5. The minimum absolute atomic E-state index is 0.0637. The number of nitrogens with zero attached hydrogens (tertiary/aromatic N) is 3. The Morgan fingerprint density at radius 1 is 1.04 bits per heavy atom. The van der Waals surface area contributed by atoms with Crippen LogP contribution in [0.4, 0.5) is 30.6 Å². The van der Waals surface area contributed by atoms with Crippen LogP contribution in [-0.4, -0.2) is 15.1 Å². The molecule has 122 valence electrons. The van der Waals surface area contributed by atoms with Gasteiger partial charge < -0.3 is 9.73 Å². The maximum Gasteiger partial charge on any atom is 0.320 e. The lowest BCUT2D eigenvalue weighted by Gasteiger charge is -2.04. The topological polar surface area (TPSA) is 94.1 Å². The number of nitrogens with one attached hydrogen (secondary N) is 1. The number of halogens is 3. The van der Waals surface area contributed by atoms with Crippen LogP contribution in [0.2, 0.25) is 0 Å². The Hall–Kier alpha value is -3.43. The summed E-state index contributed by atoms with van der Waals surface area (Å²) in [4.78, 5) is 10.4. The molecule has 0 amide bonds. The Kier molecular flexibility index (Phi) is 3.86. The molecular formula is C14H7F3N4O3. The second-order valence-corrected chi connectivity index (χ2v) is 4.53. The fourth-order valence-corrected chi connectivity index (χ4v) is 1.93. The number of nitro benzene ring substituents is 1. The largest absolute Gasteiger partial charge is 0.403 e. The SMILES string of the molecule is O=[N+]([O-])c1ccccc1-c1nnc(Nc2ccc(F)c(F)c2F)o1. The third-order valence-corrected chi connectivity index (χ3v) is 3.03. The highest BCUT2D eigenvalue weighted by Gasteiger charge is 2.20. The standard InChI is InChI=1S/C14H7F3N4O3/c15-8-5-6-9(12(17)11(8)16)18-14-20-19-13(24-14)7-3-1-2-4-10(7)21(22)23/h1-6H,(H,18,20). The molecule has 0 bridgehead atoms. The summed E-state index contributed by atoms with van der Waals surface area (Å²) in [7, 11) is 0. The molecule has 2 aromatic carbocycles.